The maximum absolute atomic E-state index is 13.2. The molecule has 1 saturated heterocycles. The van der Waals surface area contributed by atoms with Gasteiger partial charge >= 0.3 is 6.01 Å². The van der Waals surface area contributed by atoms with Crippen LogP contribution in [0.15, 0.2) is 51.8 Å². The first kappa shape index (κ1) is 22.7. The molecule has 0 aliphatic carbocycles. The van der Waals surface area contributed by atoms with Crippen molar-refractivity contribution in [3.63, 3.8) is 0 Å². The lowest BCUT2D eigenvalue weighted by Gasteiger charge is -2.22. The van der Waals surface area contributed by atoms with E-state index in [0.717, 1.165) is 16.4 Å². The highest BCUT2D eigenvalue weighted by molar-refractivity contribution is 7.89. The van der Waals surface area contributed by atoms with Crippen LogP contribution in [0.2, 0.25) is 0 Å². The molecule has 0 saturated carbocycles. The molecule has 0 bridgehead atoms. The van der Waals surface area contributed by atoms with Crippen LogP contribution in [0, 0.1) is 5.82 Å². The lowest BCUT2D eigenvalue weighted by molar-refractivity contribution is -0.119. The van der Waals surface area contributed by atoms with E-state index < -0.39 is 27.8 Å². The monoisotopic (exact) mass is 476 g/mol. The highest BCUT2D eigenvalue weighted by Gasteiger charge is 2.40. The zero-order valence-electron chi connectivity index (χ0n) is 17.8. The normalized spacial score (nSPS) is 16.5. The summed E-state index contributed by atoms with van der Waals surface area (Å²) in [4.78, 5) is 12.8. The Labute approximate surface area is 189 Å². The third-order valence-corrected chi connectivity index (χ3v) is 7.13. The molecule has 0 radical (unpaired) electrons. The molecule has 1 aromatic heterocycles. The van der Waals surface area contributed by atoms with Crippen molar-refractivity contribution in [3.8, 4) is 23.0 Å². The van der Waals surface area contributed by atoms with E-state index in [9.17, 15) is 17.6 Å². The van der Waals surface area contributed by atoms with E-state index in [4.69, 9.17) is 13.9 Å². The summed E-state index contributed by atoms with van der Waals surface area (Å²) in [6, 6.07) is 8.34. The molecule has 3 aromatic rings. The standard InChI is InChI=1S/C21H21FN4O6S/c1-30-17-10-5-13(12-18(17)31-2)20-24-25-21(32-20)23-19(27)16-4-3-11-26(16)33(28,29)15-8-6-14(22)7-9-15/h5-10,12,16H,3-4,11H2,1-2H3,(H,23,25,27). The van der Waals surface area contributed by atoms with E-state index >= 15 is 0 Å². The van der Waals surface area contributed by atoms with Crippen LogP contribution in [0.3, 0.4) is 0 Å². The molecule has 4 rings (SSSR count). The summed E-state index contributed by atoms with van der Waals surface area (Å²) in [5, 5.41) is 10.2. The van der Waals surface area contributed by atoms with Crippen molar-refractivity contribution in [3.05, 3.63) is 48.3 Å². The van der Waals surface area contributed by atoms with Crippen LogP contribution in [0.5, 0.6) is 11.5 Å². The number of hydrogen-bond donors (Lipinski definition) is 1. The first-order valence-electron chi connectivity index (χ1n) is 9.97. The lowest BCUT2D eigenvalue weighted by Crippen LogP contribution is -2.43. The molecule has 1 atom stereocenters. The number of benzene rings is 2. The average molecular weight is 476 g/mol. The van der Waals surface area contributed by atoms with Crippen LogP contribution < -0.4 is 14.8 Å². The highest BCUT2D eigenvalue weighted by Crippen LogP contribution is 2.32. The Bertz CT molecular complexity index is 1260. The van der Waals surface area contributed by atoms with E-state index in [-0.39, 0.29) is 23.3 Å². The van der Waals surface area contributed by atoms with Crippen molar-refractivity contribution >= 4 is 21.9 Å². The maximum atomic E-state index is 13.2. The van der Waals surface area contributed by atoms with Crippen molar-refractivity contribution in [1.82, 2.24) is 14.5 Å². The van der Waals surface area contributed by atoms with E-state index in [1.165, 1.54) is 26.4 Å². The maximum Gasteiger partial charge on any atom is 0.322 e. The quantitative estimate of drug-likeness (QED) is 0.552. The van der Waals surface area contributed by atoms with Gasteiger partial charge in [0.15, 0.2) is 11.5 Å². The molecule has 1 amide bonds. The SMILES string of the molecule is COc1ccc(-c2nnc(NC(=O)C3CCCN3S(=O)(=O)c3ccc(F)cc3)o2)cc1OC. The summed E-state index contributed by atoms with van der Waals surface area (Å²) >= 11 is 0. The molecule has 0 spiro atoms. The van der Waals surface area contributed by atoms with Crippen LogP contribution in [-0.2, 0) is 14.8 Å². The van der Waals surface area contributed by atoms with E-state index in [1.54, 1.807) is 18.2 Å². The molecule has 12 heteroatoms. The van der Waals surface area contributed by atoms with Crippen LogP contribution >= 0.6 is 0 Å². The summed E-state index contributed by atoms with van der Waals surface area (Å²) in [6.07, 6.45) is 0.822. The summed E-state index contributed by atoms with van der Waals surface area (Å²) < 4.78 is 56.2. The van der Waals surface area contributed by atoms with Gasteiger partial charge in [-0.15, -0.1) is 5.10 Å². The van der Waals surface area contributed by atoms with Crippen LogP contribution in [0.1, 0.15) is 12.8 Å². The average Bonchev–Trinajstić information content (AvgIpc) is 3.49. The number of amides is 1. The molecular weight excluding hydrogens is 455 g/mol. The van der Waals surface area contributed by atoms with Gasteiger partial charge in [-0.1, -0.05) is 5.10 Å². The second-order valence-corrected chi connectivity index (χ2v) is 9.09. The summed E-state index contributed by atoms with van der Waals surface area (Å²) in [7, 11) is -0.972. The van der Waals surface area contributed by atoms with Gasteiger partial charge in [-0.2, -0.15) is 4.31 Å². The minimum absolute atomic E-state index is 0.0860. The minimum atomic E-state index is -3.98. The predicted molar refractivity (Wildman–Crippen MR) is 115 cm³/mol. The number of methoxy groups -OCH3 is 2. The van der Waals surface area contributed by atoms with Crippen LogP contribution in [0.25, 0.3) is 11.5 Å². The second-order valence-electron chi connectivity index (χ2n) is 7.20. The third-order valence-electron chi connectivity index (χ3n) is 5.21. The summed E-state index contributed by atoms with van der Waals surface area (Å²) in [5.41, 5.74) is 0.544. The molecule has 2 heterocycles. The van der Waals surface area contributed by atoms with Crippen molar-refractivity contribution in [2.24, 2.45) is 0 Å². The fourth-order valence-corrected chi connectivity index (χ4v) is 5.24. The zero-order valence-corrected chi connectivity index (χ0v) is 18.6. The summed E-state index contributed by atoms with van der Waals surface area (Å²) in [6.45, 7) is 0.165. The highest BCUT2D eigenvalue weighted by atomic mass is 32.2. The van der Waals surface area contributed by atoms with E-state index in [0.29, 0.717) is 29.9 Å². The molecule has 1 unspecified atom stereocenters. The van der Waals surface area contributed by atoms with E-state index in [2.05, 4.69) is 15.5 Å². The number of nitrogens with one attached hydrogen (secondary N) is 1. The Kier molecular flexibility index (Phi) is 6.29. The molecule has 1 aliphatic heterocycles. The van der Waals surface area contributed by atoms with Crippen molar-refractivity contribution in [2.75, 3.05) is 26.1 Å². The van der Waals surface area contributed by atoms with Gasteiger partial charge in [0.25, 0.3) is 0 Å². The Morgan fingerprint density at radius 2 is 1.85 bits per heavy atom. The Morgan fingerprint density at radius 1 is 1.12 bits per heavy atom. The number of carbonyl (C=O) groups is 1. The fraction of sp³-hybridized carbons (Fsp3) is 0.286. The second kappa shape index (κ2) is 9.16. The molecule has 1 aliphatic rings. The number of carbonyl (C=O) groups excluding carboxylic acids is 1. The zero-order chi connectivity index (χ0) is 23.6. The summed E-state index contributed by atoms with van der Waals surface area (Å²) in [5.74, 6) is -0.0233. The van der Waals surface area contributed by atoms with Gasteiger partial charge in [-0.3, -0.25) is 10.1 Å². The van der Waals surface area contributed by atoms with Gasteiger partial charge in [0.1, 0.15) is 11.9 Å². The lowest BCUT2D eigenvalue weighted by atomic mass is 10.2. The molecular formula is C21H21FN4O6S. The number of anilines is 1. The fourth-order valence-electron chi connectivity index (χ4n) is 3.58. The van der Waals surface area contributed by atoms with Crippen LogP contribution in [-0.4, -0.2) is 55.6 Å². The topological polar surface area (TPSA) is 124 Å². The number of rotatable bonds is 7. The number of hydrogen-bond acceptors (Lipinski definition) is 8. The Morgan fingerprint density at radius 3 is 2.55 bits per heavy atom. The van der Waals surface area contributed by atoms with Gasteiger partial charge in [0, 0.05) is 12.1 Å². The van der Waals surface area contributed by atoms with Crippen molar-refractivity contribution in [1.29, 1.82) is 0 Å². The van der Waals surface area contributed by atoms with Gasteiger partial charge in [0.05, 0.1) is 19.1 Å². The predicted octanol–water partition coefficient (Wildman–Crippen LogP) is 2.68. The molecule has 1 N–H and O–H groups in total. The molecule has 2 aromatic carbocycles. The van der Waals surface area contributed by atoms with Crippen molar-refractivity contribution < 1.29 is 31.5 Å². The van der Waals surface area contributed by atoms with Gasteiger partial charge in [-0.25, -0.2) is 12.8 Å². The van der Waals surface area contributed by atoms with E-state index in [1.807, 2.05) is 0 Å². The molecule has 174 valence electrons. The van der Waals surface area contributed by atoms with Gasteiger partial charge < -0.3 is 13.9 Å². The molecule has 1 fully saturated rings. The smallest absolute Gasteiger partial charge is 0.322 e. The Hall–Kier alpha value is -3.51. The van der Waals surface area contributed by atoms with Gasteiger partial charge in [0.2, 0.25) is 21.8 Å². The number of ether oxygens (including phenoxy) is 2. The molecule has 10 nitrogen and oxygen atoms in total. The van der Waals surface area contributed by atoms with Crippen LogP contribution in [0.4, 0.5) is 10.4 Å². The number of nitrogens with zero attached hydrogens (tertiary/aromatic N) is 3. The molecule has 33 heavy (non-hydrogen) atoms. The van der Waals surface area contributed by atoms with Crippen molar-refractivity contribution in [2.45, 2.75) is 23.8 Å². The van der Waals surface area contributed by atoms with Gasteiger partial charge in [-0.05, 0) is 55.3 Å². The first-order chi connectivity index (χ1) is 15.8. The Balaban J connectivity index is 1.50. The first-order valence-corrected chi connectivity index (χ1v) is 11.4. The number of sulfonamides is 1. The largest absolute Gasteiger partial charge is 0.493 e. The number of halogens is 1. The minimum Gasteiger partial charge on any atom is -0.493 e. The third kappa shape index (κ3) is 4.52. The number of aromatic nitrogens is 2.